The molecule has 4 rings (SSSR count). The molecule has 1 aliphatic rings. The van der Waals surface area contributed by atoms with Crippen molar-refractivity contribution in [3.63, 3.8) is 0 Å². The maximum Gasteiger partial charge on any atom is 0.300 e. The molecule has 152 valence electrons. The first-order valence-electron chi connectivity index (χ1n) is 9.48. The Labute approximate surface area is 174 Å². The van der Waals surface area contributed by atoms with Crippen molar-refractivity contribution < 1.29 is 23.8 Å². The van der Waals surface area contributed by atoms with Crippen molar-refractivity contribution in [3.05, 3.63) is 88.9 Å². The van der Waals surface area contributed by atoms with Crippen molar-refractivity contribution in [2.75, 3.05) is 12.0 Å². The number of ether oxygens (including phenoxy) is 1. The lowest BCUT2D eigenvalue weighted by Gasteiger charge is -2.23. The van der Waals surface area contributed by atoms with Crippen LogP contribution in [0.3, 0.4) is 0 Å². The van der Waals surface area contributed by atoms with Gasteiger partial charge in [-0.15, -0.1) is 0 Å². The van der Waals surface area contributed by atoms with Crippen molar-refractivity contribution >= 4 is 23.1 Å². The number of ketones is 1. The minimum atomic E-state index is -0.896. The molecule has 1 unspecified atom stereocenters. The van der Waals surface area contributed by atoms with E-state index in [1.807, 2.05) is 26.0 Å². The number of hydrogen-bond donors (Lipinski definition) is 1. The van der Waals surface area contributed by atoms with Gasteiger partial charge in [0, 0.05) is 17.3 Å². The largest absolute Gasteiger partial charge is 0.507 e. The molecular formula is C24H21NO5. The van der Waals surface area contributed by atoms with Gasteiger partial charge in [0.1, 0.15) is 23.3 Å². The predicted molar refractivity (Wildman–Crippen MR) is 112 cm³/mol. The quantitative estimate of drug-likeness (QED) is 0.393. The van der Waals surface area contributed by atoms with Crippen LogP contribution in [0.25, 0.3) is 5.76 Å². The molecule has 6 nitrogen and oxygen atoms in total. The van der Waals surface area contributed by atoms with E-state index in [1.165, 1.54) is 18.3 Å². The van der Waals surface area contributed by atoms with Gasteiger partial charge in [-0.25, -0.2) is 0 Å². The van der Waals surface area contributed by atoms with Crippen LogP contribution in [0.5, 0.6) is 5.75 Å². The van der Waals surface area contributed by atoms with Crippen LogP contribution < -0.4 is 9.64 Å². The highest BCUT2D eigenvalue weighted by molar-refractivity contribution is 6.51. The van der Waals surface area contributed by atoms with E-state index in [4.69, 9.17) is 9.15 Å². The number of carbonyl (C=O) groups excluding carboxylic acids is 2. The molecule has 0 bridgehead atoms. The van der Waals surface area contributed by atoms with Gasteiger partial charge in [-0.1, -0.05) is 23.8 Å². The Balaban J connectivity index is 1.95. The first-order valence-corrected chi connectivity index (χ1v) is 9.48. The van der Waals surface area contributed by atoms with Crippen LogP contribution in [0.1, 0.15) is 28.5 Å². The number of rotatable bonds is 4. The fourth-order valence-electron chi connectivity index (χ4n) is 3.71. The van der Waals surface area contributed by atoms with E-state index in [2.05, 4.69) is 0 Å². The van der Waals surface area contributed by atoms with E-state index in [0.717, 1.165) is 11.1 Å². The molecule has 1 N–H and O–H groups in total. The zero-order valence-corrected chi connectivity index (χ0v) is 16.9. The first-order chi connectivity index (χ1) is 14.4. The summed E-state index contributed by atoms with van der Waals surface area (Å²) >= 11 is 0. The summed E-state index contributed by atoms with van der Waals surface area (Å²) in [6.45, 7) is 3.74. The Bertz CT molecular complexity index is 1160. The van der Waals surface area contributed by atoms with Gasteiger partial charge in [0.15, 0.2) is 0 Å². The van der Waals surface area contributed by atoms with E-state index in [9.17, 15) is 14.7 Å². The van der Waals surface area contributed by atoms with E-state index in [-0.39, 0.29) is 11.3 Å². The van der Waals surface area contributed by atoms with Crippen molar-refractivity contribution in [3.8, 4) is 5.75 Å². The molecule has 30 heavy (non-hydrogen) atoms. The summed E-state index contributed by atoms with van der Waals surface area (Å²) in [4.78, 5) is 27.5. The van der Waals surface area contributed by atoms with E-state index >= 15 is 0 Å². The summed E-state index contributed by atoms with van der Waals surface area (Å²) in [7, 11) is 1.53. The average Bonchev–Trinajstić information content (AvgIpc) is 3.36. The lowest BCUT2D eigenvalue weighted by atomic mass is 9.96. The standard InChI is InChI=1S/C24H21NO5/c1-14-9-10-15(2)18(12-14)22(26)20-21(19-8-5-11-30-19)25(24(28)23(20)27)16-6-4-7-17(13-16)29-3/h4-13,21,26H,1-3H3/b22-20-. The molecule has 3 aromatic rings. The highest BCUT2D eigenvalue weighted by atomic mass is 16.5. The molecule has 2 heterocycles. The summed E-state index contributed by atoms with van der Waals surface area (Å²) in [5, 5.41) is 11.2. The zero-order valence-electron chi connectivity index (χ0n) is 16.9. The molecule has 0 aliphatic carbocycles. The van der Waals surface area contributed by atoms with Gasteiger partial charge in [0.25, 0.3) is 11.7 Å². The van der Waals surface area contributed by atoms with Crippen LogP contribution >= 0.6 is 0 Å². The number of carbonyl (C=O) groups is 2. The number of benzene rings is 2. The molecule has 1 amide bonds. The number of amides is 1. The van der Waals surface area contributed by atoms with Crippen LogP contribution in [0.2, 0.25) is 0 Å². The third-order valence-corrected chi connectivity index (χ3v) is 5.24. The molecule has 1 fully saturated rings. The average molecular weight is 403 g/mol. The lowest BCUT2D eigenvalue weighted by molar-refractivity contribution is -0.132. The van der Waals surface area contributed by atoms with Crippen LogP contribution in [0.15, 0.2) is 70.9 Å². The van der Waals surface area contributed by atoms with Gasteiger partial charge in [-0.2, -0.15) is 0 Å². The highest BCUT2D eigenvalue weighted by Crippen LogP contribution is 2.43. The topological polar surface area (TPSA) is 80.0 Å². The molecule has 0 spiro atoms. The molecular weight excluding hydrogens is 382 g/mol. The Morgan fingerprint density at radius 2 is 1.87 bits per heavy atom. The maximum atomic E-state index is 13.1. The van der Waals surface area contributed by atoms with Gasteiger partial charge in [-0.05, 0) is 49.7 Å². The molecule has 1 aliphatic heterocycles. The molecule has 1 saturated heterocycles. The van der Waals surface area contributed by atoms with Gasteiger partial charge in [0.05, 0.1) is 18.9 Å². The maximum absolute atomic E-state index is 13.1. The second kappa shape index (κ2) is 7.55. The third kappa shape index (κ3) is 3.16. The number of hydrogen-bond acceptors (Lipinski definition) is 5. The third-order valence-electron chi connectivity index (χ3n) is 5.24. The molecule has 6 heteroatoms. The van der Waals surface area contributed by atoms with Crippen molar-refractivity contribution in [1.29, 1.82) is 0 Å². The van der Waals surface area contributed by atoms with E-state index < -0.39 is 17.7 Å². The molecule has 0 saturated carbocycles. The normalized spacial score (nSPS) is 18.1. The summed E-state index contributed by atoms with van der Waals surface area (Å²) in [6.07, 6.45) is 1.47. The van der Waals surface area contributed by atoms with E-state index in [1.54, 1.807) is 42.5 Å². The smallest absolute Gasteiger partial charge is 0.300 e. The number of aliphatic hydroxyl groups is 1. The first kappa shape index (κ1) is 19.5. The lowest BCUT2D eigenvalue weighted by Crippen LogP contribution is -2.29. The summed E-state index contributed by atoms with van der Waals surface area (Å²) in [6, 6.07) is 14.9. The minimum Gasteiger partial charge on any atom is -0.507 e. The summed E-state index contributed by atoms with van der Waals surface area (Å²) < 4.78 is 10.8. The molecule has 1 aromatic heterocycles. The SMILES string of the molecule is COc1cccc(N2C(=O)C(=O)/C(=C(\O)c3cc(C)ccc3C)C2c2ccco2)c1. The number of furan rings is 1. The van der Waals surface area contributed by atoms with Crippen LogP contribution in [-0.4, -0.2) is 23.9 Å². The van der Waals surface area contributed by atoms with Gasteiger partial charge in [0.2, 0.25) is 0 Å². The summed E-state index contributed by atoms with van der Waals surface area (Å²) in [5.41, 5.74) is 2.70. The van der Waals surface area contributed by atoms with E-state index in [0.29, 0.717) is 22.8 Å². The minimum absolute atomic E-state index is 0.00790. The van der Waals surface area contributed by atoms with Crippen molar-refractivity contribution in [2.45, 2.75) is 19.9 Å². The second-order valence-electron chi connectivity index (χ2n) is 7.20. The van der Waals surface area contributed by atoms with Crippen molar-refractivity contribution in [2.24, 2.45) is 0 Å². The number of anilines is 1. The Morgan fingerprint density at radius 3 is 2.57 bits per heavy atom. The number of methoxy groups -OCH3 is 1. The highest BCUT2D eigenvalue weighted by Gasteiger charge is 2.48. The van der Waals surface area contributed by atoms with Gasteiger partial charge in [-0.3, -0.25) is 14.5 Å². The fourth-order valence-corrected chi connectivity index (χ4v) is 3.71. The Kier molecular flexibility index (Phi) is 4.91. The summed E-state index contributed by atoms with van der Waals surface area (Å²) in [5.74, 6) is -0.804. The Morgan fingerprint density at radius 1 is 1.07 bits per heavy atom. The molecule has 0 radical (unpaired) electrons. The van der Waals surface area contributed by atoms with Crippen molar-refractivity contribution in [1.82, 2.24) is 0 Å². The van der Waals surface area contributed by atoms with Crippen LogP contribution in [-0.2, 0) is 9.59 Å². The zero-order chi connectivity index (χ0) is 21.4. The predicted octanol–water partition coefficient (Wildman–Crippen LogP) is 4.53. The molecule has 2 aromatic carbocycles. The number of aliphatic hydroxyl groups excluding tert-OH is 1. The number of nitrogens with zero attached hydrogens (tertiary/aromatic N) is 1. The van der Waals surface area contributed by atoms with Crippen LogP contribution in [0.4, 0.5) is 5.69 Å². The second-order valence-corrected chi connectivity index (χ2v) is 7.20. The Hall–Kier alpha value is -3.80. The van der Waals surface area contributed by atoms with Gasteiger partial charge >= 0.3 is 0 Å². The number of Topliss-reactive ketones (excluding diaryl/α,β-unsaturated/α-hetero) is 1. The fraction of sp³-hybridized carbons (Fsp3) is 0.167. The number of aryl methyl sites for hydroxylation is 2. The van der Waals surface area contributed by atoms with Gasteiger partial charge < -0.3 is 14.3 Å². The molecule has 1 atom stereocenters. The monoisotopic (exact) mass is 403 g/mol. The van der Waals surface area contributed by atoms with Crippen LogP contribution in [0, 0.1) is 13.8 Å².